The van der Waals surface area contributed by atoms with Crippen LogP contribution in [-0.4, -0.2) is 19.6 Å². The van der Waals surface area contributed by atoms with Crippen LogP contribution < -0.4 is 0 Å². The smallest absolute Gasteiger partial charge is 0.124 e. The highest BCUT2D eigenvalue weighted by atomic mass is 16.3. The number of hydrogen-bond acceptors (Lipinski definition) is 4. The topological polar surface area (TPSA) is 74.7 Å². The molecule has 0 amide bonds. The zero-order valence-corrected chi connectivity index (χ0v) is 38.1. The predicted molar refractivity (Wildman–Crippen MR) is 273 cm³/mol. The summed E-state index contributed by atoms with van der Waals surface area (Å²) in [6.45, 7) is 13.6. The van der Waals surface area contributed by atoms with Crippen molar-refractivity contribution in [2.24, 2.45) is 0 Å². The van der Waals surface area contributed by atoms with Crippen molar-refractivity contribution in [1.82, 2.24) is 14.5 Å². The molecule has 5 nitrogen and oxygen atoms in total. The summed E-state index contributed by atoms with van der Waals surface area (Å²) in [4.78, 5) is 10.2. The van der Waals surface area contributed by atoms with Crippen molar-refractivity contribution >= 4 is 21.8 Å². The van der Waals surface area contributed by atoms with Gasteiger partial charge in [-0.15, -0.1) is 0 Å². The molecular weight excluding hydrogens is 805 g/mol. The van der Waals surface area contributed by atoms with Crippen LogP contribution in [0, 0.1) is 11.3 Å². The second-order valence-corrected chi connectivity index (χ2v) is 19.2. The van der Waals surface area contributed by atoms with E-state index >= 15 is 0 Å². The molecule has 0 bridgehead atoms. The number of nitriles is 1. The molecule has 0 unspecified atom stereocenters. The SMILES string of the molecule is CC(C)(C)c1cc(-c2cc(-c3cccc(-c4cc(-c5cccc6c7ccccc7n(-c7ccc(-c8ccccc8C#N)cc7)c56)ccn4)c3)nc(-c3ccccc3O)c2)cc(C(C)(C)C)c1. The van der Waals surface area contributed by atoms with Crippen LogP contribution >= 0.6 is 0 Å². The second-order valence-electron chi connectivity index (χ2n) is 19.2. The van der Waals surface area contributed by atoms with Crippen molar-refractivity contribution in [2.45, 2.75) is 52.4 Å². The third kappa shape index (κ3) is 7.82. The molecule has 7 aromatic carbocycles. The summed E-state index contributed by atoms with van der Waals surface area (Å²) in [7, 11) is 0. The molecule has 0 spiro atoms. The molecule has 0 saturated heterocycles. The molecule has 3 aromatic heterocycles. The summed E-state index contributed by atoms with van der Waals surface area (Å²) in [5, 5.41) is 23.3. The average Bonchev–Trinajstić information content (AvgIpc) is 3.68. The lowest BCUT2D eigenvalue weighted by atomic mass is 9.79. The summed E-state index contributed by atoms with van der Waals surface area (Å²) in [6.07, 6.45) is 1.90. The van der Waals surface area contributed by atoms with Crippen LogP contribution in [-0.2, 0) is 10.8 Å². The molecule has 320 valence electrons. The lowest BCUT2D eigenvalue weighted by Gasteiger charge is -2.26. The quantitative estimate of drug-likeness (QED) is 0.173. The number of aromatic hydroxyl groups is 1. The Morgan fingerprint density at radius 1 is 0.470 bits per heavy atom. The Hall–Kier alpha value is -8.07. The van der Waals surface area contributed by atoms with E-state index in [0.717, 1.165) is 78.0 Å². The Morgan fingerprint density at radius 2 is 1.06 bits per heavy atom. The van der Waals surface area contributed by atoms with Gasteiger partial charge in [-0.2, -0.15) is 5.26 Å². The van der Waals surface area contributed by atoms with Crippen molar-refractivity contribution < 1.29 is 5.11 Å². The minimum Gasteiger partial charge on any atom is -0.507 e. The molecule has 0 aliphatic heterocycles. The molecule has 5 heteroatoms. The van der Waals surface area contributed by atoms with Gasteiger partial charge in [0.2, 0.25) is 0 Å². The third-order valence-corrected chi connectivity index (χ3v) is 12.7. The fourth-order valence-corrected chi connectivity index (χ4v) is 9.07. The minimum atomic E-state index is -0.0531. The monoisotopic (exact) mass is 854 g/mol. The first-order valence-electron chi connectivity index (χ1n) is 22.5. The van der Waals surface area contributed by atoms with Gasteiger partial charge in [-0.05, 0) is 117 Å². The van der Waals surface area contributed by atoms with Crippen molar-refractivity contribution in [3.63, 3.8) is 0 Å². The van der Waals surface area contributed by atoms with Crippen LogP contribution in [0.25, 0.3) is 94.6 Å². The maximum atomic E-state index is 11.1. The van der Waals surface area contributed by atoms with E-state index in [2.05, 4.69) is 186 Å². The molecule has 0 fully saturated rings. The summed E-state index contributed by atoms with van der Waals surface area (Å²) >= 11 is 0. The number of hydrogen-bond donors (Lipinski definition) is 1. The molecule has 1 N–H and O–H groups in total. The number of fused-ring (bicyclic) bond motifs is 3. The van der Waals surface area contributed by atoms with E-state index in [4.69, 9.17) is 9.97 Å². The second kappa shape index (κ2) is 16.5. The van der Waals surface area contributed by atoms with E-state index in [0.29, 0.717) is 16.8 Å². The summed E-state index contributed by atoms with van der Waals surface area (Å²) < 4.78 is 2.35. The van der Waals surface area contributed by atoms with E-state index in [9.17, 15) is 10.4 Å². The summed E-state index contributed by atoms with van der Waals surface area (Å²) in [5.41, 5.74) is 17.5. The Labute approximate surface area is 387 Å². The predicted octanol–water partition coefficient (Wildman–Crippen LogP) is 15.7. The molecule has 10 rings (SSSR count). The minimum absolute atomic E-state index is 0.0531. The summed E-state index contributed by atoms with van der Waals surface area (Å²) in [5.74, 6) is 0.189. The normalized spacial score (nSPS) is 11.8. The van der Waals surface area contributed by atoms with Crippen molar-refractivity contribution in [3.8, 4) is 84.7 Å². The van der Waals surface area contributed by atoms with Gasteiger partial charge in [-0.25, -0.2) is 4.98 Å². The van der Waals surface area contributed by atoms with Gasteiger partial charge in [0.15, 0.2) is 0 Å². The molecule has 66 heavy (non-hydrogen) atoms. The lowest BCUT2D eigenvalue weighted by Crippen LogP contribution is -2.16. The zero-order chi connectivity index (χ0) is 45.7. The van der Waals surface area contributed by atoms with Crippen LogP contribution in [0.5, 0.6) is 5.75 Å². The largest absolute Gasteiger partial charge is 0.507 e. The Kier molecular flexibility index (Phi) is 10.5. The molecule has 10 aromatic rings. The standard InChI is InChI=1S/C61H50N4O/c1-60(2,3)46-32-44(33-47(37-46)61(4,5)6)45-35-55(64-56(36-45)53-20-10-12-24-58(53)66)42-17-13-16-41(31-42)54-34-40(29-30-63-54)50-21-14-22-52-51-19-9-11-23-57(51)65(59(50)52)48-27-25-39(26-28-48)49-18-8-7-15-43(49)38-62/h7-37,66H,1-6H3. The first-order chi connectivity index (χ1) is 31.8. The first-order valence-corrected chi connectivity index (χ1v) is 22.5. The molecular formula is C61H50N4O. The van der Waals surface area contributed by atoms with Crippen LogP contribution in [0.15, 0.2) is 188 Å². The lowest BCUT2D eigenvalue weighted by molar-refractivity contribution is 0.477. The Balaban J connectivity index is 1.09. The van der Waals surface area contributed by atoms with Gasteiger partial charge in [0.05, 0.1) is 39.7 Å². The van der Waals surface area contributed by atoms with Gasteiger partial charge < -0.3 is 9.67 Å². The van der Waals surface area contributed by atoms with Gasteiger partial charge in [-0.1, -0.05) is 157 Å². The fraction of sp³-hybridized carbons (Fsp3) is 0.131. The van der Waals surface area contributed by atoms with Gasteiger partial charge in [0.1, 0.15) is 5.75 Å². The van der Waals surface area contributed by atoms with E-state index in [1.807, 2.05) is 48.7 Å². The number of benzene rings is 7. The van der Waals surface area contributed by atoms with Crippen LogP contribution in [0.1, 0.15) is 58.2 Å². The Morgan fingerprint density at radius 3 is 1.79 bits per heavy atom. The maximum absolute atomic E-state index is 11.1. The number of phenolic OH excluding ortho intramolecular Hbond substituents is 1. The molecule has 0 radical (unpaired) electrons. The van der Waals surface area contributed by atoms with Crippen molar-refractivity contribution in [2.75, 3.05) is 0 Å². The average molecular weight is 855 g/mol. The van der Waals surface area contributed by atoms with Crippen molar-refractivity contribution in [1.29, 1.82) is 5.26 Å². The van der Waals surface area contributed by atoms with E-state index < -0.39 is 0 Å². The number of pyridine rings is 2. The van der Waals surface area contributed by atoms with Crippen LogP contribution in [0.2, 0.25) is 0 Å². The fourth-order valence-electron chi connectivity index (χ4n) is 9.07. The number of nitrogens with zero attached hydrogens (tertiary/aromatic N) is 4. The van der Waals surface area contributed by atoms with E-state index in [-0.39, 0.29) is 16.6 Å². The molecule has 0 aliphatic rings. The molecule has 0 aliphatic carbocycles. The summed E-state index contributed by atoms with van der Waals surface area (Å²) in [6, 6.07) is 65.1. The van der Waals surface area contributed by atoms with Crippen LogP contribution in [0.4, 0.5) is 0 Å². The van der Waals surface area contributed by atoms with Gasteiger partial charge in [0, 0.05) is 44.9 Å². The van der Waals surface area contributed by atoms with Gasteiger partial charge >= 0.3 is 0 Å². The number of para-hydroxylation sites is 3. The maximum Gasteiger partial charge on any atom is 0.124 e. The Bertz CT molecular complexity index is 3490. The number of phenols is 1. The first kappa shape index (κ1) is 41.9. The van der Waals surface area contributed by atoms with Gasteiger partial charge in [0.25, 0.3) is 0 Å². The number of aromatic nitrogens is 3. The zero-order valence-electron chi connectivity index (χ0n) is 38.1. The molecule has 3 heterocycles. The van der Waals surface area contributed by atoms with E-state index in [1.165, 1.54) is 16.5 Å². The number of rotatable bonds is 7. The highest BCUT2D eigenvalue weighted by Crippen LogP contribution is 2.41. The van der Waals surface area contributed by atoms with Crippen molar-refractivity contribution in [3.05, 3.63) is 205 Å². The highest BCUT2D eigenvalue weighted by molar-refractivity contribution is 6.14. The molecule has 0 saturated carbocycles. The highest BCUT2D eigenvalue weighted by Gasteiger charge is 2.23. The molecule has 0 atom stereocenters. The van der Waals surface area contributed by atoms with E-state index in [1.54, 1.807) is 6.07 Å². The van der Waals surface area contributed by atoms with Gasteiger partial charge in [-0.3, -0.25) is 4.98 Å². The third-order valence-electron chi connectivity index (χ3n) is 12.7. The van der Waals surface area contributed by atoms with Crippen LogP contribution in [0.3, 0.4) is 0 Å².